The molecule has 0 aliphatic carbocycles. The molecule has 3 rings (SSSR count). The average Bonchev–Trinajstić information content (AvgIpc) is 2.81. The molecule has 0 saturated heterocycles. The first-order valence-corrected chi connectivity index (χ1v) is 5.79. The van der Waals surface area contributed by atoms with E-state index in [0.717, 1.165) is 11.8 Å². The van der Waals surface area contributed by atoms with Gasteiger partial charge in [0.2, 0.25) is 0 Å². The van der Waals surface area contributed by atoms with Crippen molar-refractivity contribution in [3.05, 3.63) is 65.4 Å². The number of rotatable bonds is 3. The summed E-state index contributed by atoms with van der Waals surface area (Å²) in [5.41, 5.74) is 2.02. The average molecular weight is 255 g/mol. The minimum Gasteiger partial charge on any atom is -0.298 e. The van der Waals surface area contributed by atoms with Crippen molar-refractivity contribution in [3.8, 4) is 0 Å². The summed E-state index contributed by atoms with van der Waals surface area (Å²) in [6, 6.07) is 9.76. The topological polar surface area (TPSA) is 47.3 Å². The number of hydrogen-bond donors (Lipinski definition) is 0. The number of benzene rings is 1. The molecule has 0 fully saturated rings. The summed E-state index contributed by atoms with van der Waals surface area (Å²) in [5.74, 6) is 0.393. The highest BCUT2D eigenvalue weighted by Gasteiger charge is 2.07. The Hall–Kier alpha value is -2.56. The van der Waals surface area contributed by atoms with Crippen LogP contribution in [-0.4, -0.2) is 20.9 Å². The van der Waals surface area contributed by atoms with Crippen LogP contribution >= 0.6 is 0 Å². The Balaban J connectivity index is 2.03. The summed E-state index contributed by atoms with van der Waals surface area (Å²) in [6.07, 6.45) is 2.91. The molecule has 0 spiro atoms. The van der Waals surface area contributed by atoms with Crippen LogP contribution in [0.1, 0.15) is 21.7 Å². The van der Waals surface area contributed by atoms with E-state index in [9.17, 15) is 9.18 Å². The Labute approximate surface area is 108 Å². The van der Waals surface area contributed by atoms with E-state index >= 15 is 0 Å². The second-order valence-corrected chi connectivity index (χ2v) is 4.23. The van der Waals surface area contributed by atoms with E-state index in [1.54, 1.807) is 28.8 Å². The van der Waals surface area contributed by atoms with Gasteiger partial charge in [0.25, 0.3) is 0 Å². The first-order chi connectivity index (χ1) is 9.26. The number of aromatic nitrogens is 3. The first-order valence-electron chi connectivity index (χ1n) is 5.79. The molecule has 19 heavy (non-hydrogen) atoms. The zero-order valence-electron chi connectivity index (χ0n) is 9.95. The molecular weight excluding hydrogens is 245 g/mol. The number of carbonyl (C=O) groups excluding carboxylic acids is 1. The monoisotopic (exact) mass is 255 g/mol. The molecule has 0 amide bonds. The maximum atomic E-state index is 13.1. The quantitative estimate of drug-likeness (QED) is 0.674. The minimum absolute atomic E-state index is 0.278. The molecule has 2 heterocycles. The number of hydrogen-bond acceptors (Lipinski definition) is 3. The maximum Gasteiger partial charge on any atom is 0.160 e. The fourth-order valence-corrected chi connectivity index (χ4v) is 1.97. The summed E-state index contributed by atoms with van der Waals surface area (Å²) >= 11 is 0. The number of nitrogens with zero attached hydrogens (tertiary/aromatic N) is 3. The van der Waals surface area contributed by atoms with E-state index in [-0.39, 0.29) is 5.82 Å². The lowest BCUT2D eigenvalue weighted by Gasteiger charge is -2.01. The van der Waals surface area contributed by atoms with Crippen molar-refractivity contribution in [2.24, 2.45) is 0 Å². The molecule has 0 bridgehead atoms. The predicted octanol–water partition coefficient (Wildman–Crippen LogP) is 2.27. The largest absolute Gasteiger partial charge is 0.298 e. The van der Waals surface area contributed by atoms with Crippen LogP contribution in [0.2, 0.25) is 0 Å². The van der Waals surface area contributed by atoms with Gasteiger partial charge in [-0.2, -0.15) is 0 Å². The van der Waals surface area contributed by atoms with Crippen LogP contribution in [0.3, 0.4) is 0 Å². The van der Waals surface area contributed by atoms with E-state index in [4.69, 9.17) is 0 Å². The van der Waals surface area contributed by atoms with Gasteiger partial charge in [0.1, 0.15) is 11.6 Å². The standard InChI is InChI=1S/C14H10FN3O/c15-12-3-1-2-10(6-12)7-14-17-16-13-5-4-11(9-19)8-18(13)14/h1-6,8-9H,7H2. The number of aldehydes is 1. The summed E-state index contributed by atoms with van der Waals surface area (Å²) in [4.78, 5) is 10.8. The van der Waals surface area contributed by atoms with Gasteiger partial charge in [0, 0.05) is 18.2 Å². The van der Waals surface area contributed by atoms with Crippen molar-refractivity contribution in [2.75, 3.05) is 0 Å². The maximum absolute atomic E-state index is 13.1. The highest BCUT2D eigenvalue weighted by Crippen LogP contribution is 2.12. The van der Waals surface area contributed by atoms with Gasteiger partial charge in [0.05, 0.1) is 0 Å². The van der Waals surface area contributed by atoms with Crippen molar-refractivity contribution in [3.63, 3.8) is 0 Å². The van der Waals surface area contributed by atoms with Crippen LogP contribution in [0.4, 0.5) is 4.39 Å². The second kappa shape index (κ2) is 4.61. The molecular formula is C14H10FN3O. The van der Waals surface area contributed by atoms with Gasteiger partial charge in [-0.15, -0.1) is 10.2 Å². The summed E-state index contributed by atoms with van der Waals surface area (Å²) < 4.78 is 14.9. The molecule has 4 nitrogen and oxygen atoms in total. The van der Waals surface area contributed by atoms with E-state index in [1.807, 2.05) is 6.07 Å². The van der Waals surface area contributed by atoms with E-state index in [0.29, 0.717) is 23.5 Å². The van der Waals surface area contributed by atoms with Gasteiger partial charge in [-0.05, 0) is 29.8 Å². The van der Waals surface area contributed by atoms with E-state index in [1.165, 1.54) is 12.1 Å². The van der Waals surface area contributed by atoms with Crippen LogP contribution in [0.15, 0.2) is 42.6 Å². The van der Waals surface area contributed by atoms with Gasteiger partial charge in [0.15, 0.2) is 11.9 Å². The summed E-state index contributed by atoms with van der Waals surface area (Å²) in [5, 5.41) is 8.09. The lowest BCUT2D eigenvalue weighted by atomic mass is 10.1. The molecule has 0 saturated carbocycles. The van der Waals surface area contributed by atoms with Crippen LogP contribution in [-0.2, 0) is 6.42 Å². The zero-order valence-corrected chi connectivity index (χ0v) is 9.95. The van der Waals surface area contributed by atoms with Crippen molar-refractivity contribution in [2.45, 2.75) is 6.42 Å². The second-order valence-electron chi connectivity index (χ2n) is 4.23. The molecule has 0 N–H and O–H groups in total. The zero-order chi connectivity index (χ0) is 13.2. The molecule has 0 atom stereocenters. The molecule has 5 heteroatoms. The molecule has 0 radical (unpaired) electrons. The fourth-order valence-electron chi connectivity index (χ4n) is 1.97. The van der Waals surface area contributed by atoms with Gasteiger partial charge >= 0.3 is 0 Å². The normalized spacial score (nSPS) is 10.8. The Kier molecular flexibility index (Phi) is 2.79. The molecule has 0 aliphatic heterocycles. The molecule has 0 unspecified atom stereocenters. The van der Waals surface area contributed by atoms with Crippen molar-refractivity contribution in [1.29, 1.82) is 0 Å². The molecule has 2 aromatic heterocycles. The third-order valence-corrected chi connectivity index (χ3v) is 2.88. The number of pyridine rings is 1. The molecule has 94 valence electrons. The highest BCUT2D eigenvalue weighted by molar-refractivity contribution is 5.74. The summed E-state index contributed by atoms with van der Waals surface area (Å²) in [6.45, 7) is 0. The van der Waals surface area contributed by atoms with Crippen LogP contribution in [0.25, 0.3) is 5.65 Å². The van der Waals surface area contributed by atoms with Gasteiger partial charge < -0.3 is 0 Å². The highest BCUT2D eigenvalue weighted by atomic mass is 19.1. The summed E-state index contributed by atoms with van der Waals surface area (Å²) in [7, 11) is 0. The van der Waals surface area contributed by atoms with Gasteiger partial charge in [-0.25, -0.2) is 4.39 Å². The van der Waals surface area contributed by atoms with E-state index in [2.05, 4.69) is 10.2 Å². The lowest BCUT2D eigenvalue weighted by molar-refractivity contribution is 0.112. The third kappa shape index (κ3) is 2.22. The number of halogens is 1. The van der Waals surface area contributed by atoms with Crippen molar-refractivity contribution < 1.29 is 9.18 Å². The Bertz CT molecular complexity index is 751. The van der Waals surface area contributed by atoms with Crippen molar-refractivity contribution in [1.82, 2.24) is 14.6 Å². The molecule has 1 aromatic carbocycles. The first kappa shape index (κ1) is 11.5. The van der Waals surface area contributed by atoms with Crippen LogP contribution < -0.4 is 0 Å². The fraction of sp³-hybridized carbons (Fsp3) is 0.0714. The Morgan fingerprint density at radius 2 is 2.11 bits per heavy atom. The predicted molar refractivity (Wildman–Crippen MR) is 67.6 cm³/mol. The van der Waals surface area contributed by atoms with Crippen LogP contribution in [0, 0.1) is 5.82 Å². The minimum atomic E-state index is -0.278. The Morgan fingerprint density at radius 1 is 1.21 bits per heavy atom. The SMILES string of the molecule is O=Cc1ccc2nnc(Cc3cccc(F)c3)n2c1. The smallest absolute Gasteiger partial charge is 0.160 e. The van der Waals surface area contributed by atoms with Crippen molar-refractivity contribution >= 4 is 11.9 Å². The lowest BCUT2D eigenvalue weighted by Crippen LogP contribution is -1.98. The van der Waals surface area contributed by atoms with Gasteiger partial charge in [-0.1, -0.05) is 12.1 Å². The van der Waals surface area contributed by atoms with Gasteiger partial charge in [-0.3, -0.25) is 9.20 Å². The molecule has 0 aliphatic rings. The van der Waals surface area contributed by atoms with Crippen LogP contribution in [0.5, 0.6) is 0 Å². The molecule has 3 aromatic rings. The number of fused-ring (bicyclic) bond motifs is 1. The third-order valence-electron chi connectivity index (χ3n) is 2.88. The number of carbonyl (C=O) groups is 1. The van der Waals surface area contributed by atoms with E-state index < -0.39 is 0 Å². The Morgan fingerprint density at radius 3 is 2.89 bits per heavy atom.